The van der Waals surface area contributed by atoms with Crippen LogP contribution in [0.25, 0.3) is 0 Å². The summed E-state index contributed by atoms with van der Waals surface area (Å²) in [6, 6.07) is 9.82. The van der Waals surface area contributed by atoms with Gasteiger partial charge in [-0.2, -0.15) is 0 Å². The minimum atomic E-state index is -0.843. The molecule has 0 bridgehead atoms. The molecule has 4 atom stereocenters. The lowest BCUT2D eigenvalue weighted by molar-refractivity contribution is -0.304. The van der Waals surface area contributed by atoms with Crippen molar-refractivity contribution in [2.45, 2.75) is 154 Å². The molecule has 1 heterocycles. The van der Waals surface area contributed by atoms with Crippen LogP contribution in [0.5, 0.6) is 0 Å². The van der Waals surface area contributed by atoms with Gasteiger partial charge in [0, 0.05) is 12.0 Å². The van der Waals surface area contributed by atoms with E-state index in [4.69, 9.17) is 14.2 Å². The first kappa shape index (κ1) is 36.0. The van der Waals surface area contributed by atoms with Gasteiger partial charge in [0.15, 0.2) is 5.79 Å². The number of hydrogen-bond donors (Lipinski definition) is 2. The number of hydrogen-bond acceptors (Lipinski definition) is 6. The number of esters is 1. The SMILES string of the molecule is CCCCCCCCCCC(C(=O)NC1CCCCC1OC(=O)CCNC(=O)C1OC(C)(C)OCC1(C)C)c1ccccc1. The molecule has 1 aliphatic carbocycles. The minimum absolute atomic E-state index is 0.0151. The second kappa shape index (κ2) is 17.9. The molecular weight excluding hydrogens is 556 g/mol. The second-order valence-corrected chi connectivity index (χ2v) is 13.9. The van der Waals surface area contributed by atoms with Gasteiger partial charge in [-0.1, -0.05) is 109 Å². The average molecular weight is 615 g/mol. The van der Waals surface area contributed by atoms with Crippen LogP contribution in [0.4, 0.5) is 0 Å². The van der Waals surface area contributed by atoms with Crippen molar-refractivity contribution in [1.29, 1.82) is 0 Å². The van der Waals surface area contributed by atoms with Gasteiger partial charge < -0.3 is 24.8 Å². The lowest BCUT2D eigenvalue weighted by Gasteiger charge is -2.44. The Labute approximate surface area is 265 Å². The van der Waals surface area contributed by atoms with E-state index >= 15 is 0 Å². The van der Waals surface area contributed by atoms with Crippen LogP contribution in [0.15, 0.2) is 30.3 Å². The van der Waals surface area contributed by atoms with Gasteiger partial charge >= 0.3 is 5.97 Å². The average Bonchev–Trinajstić information content (AvgIpc) is 2.99. The lowest BCUT2D eigenvalue weighted by Crippen LogP contribution is -2.56. The lowest BCUT2D eigenvalue weighted by atomic mass is 9.85. The van der Waals surface area contributed by atoms with Crippen LogP contribution in [0.2, 0.25) is 0 Å². The van der Waals surface area contributed by atoms with Gasteiger partial charge in [-0.3, -0.25) is 14.4 Å². The van der Waals surface area contributed by atoms with Gasteiger partial charge in [0.1, 0.15) is 12.2 Å². The Bertz CT molecular complexity index is 1030. The van der Waals surface area contributed by atoms with E-state index < -0.39 is 17.3 Å². The fourth-order valence-corrected chi connectivity index (χ4v) is 6.23. The molecule has 1 aromatic carbocycles. The first-order valence-electron chi connectivity index (χ1n) is 17.2. The monoisotopic (exact) mass is 614 g/mol. The summed E-state index contributed by atoms with van der Waals surface area (Å²) in [5, 5.41) is 6.11. The topological polar surface area (TPSA) is 103 Å². The van der Waals surface area contributed by atoms with Gasteiger partial charge in [-0.15, -0.1) is 0 Å². The Balaban J connectivity index is 1.48. The summed E-state index contributed by atoms with van der Waals surface area (Å²) in [7, 11) is 0. The number of ether oxygens (including phenoxy) is 3. The summed E-state index contributed by atoms with van der Waals surface area (Å²) in [6.07, 6.45) is 13.1. The van der Waals surface area contributed by atoms with Crippen molar-refractivity contribution in [2.24, 2.45) is 5.41 Å². The fourth-order valence-electron chi connectivity index (χ4n) is 6.23. The van der Waals surface area contributed by atoms with Gasteiger partial charge in [0.2, 0.25) is 11.8 Å². The molecule has 0 spiro atoms. The molecule has 1 saturated heterocycles. The summed E-state index contributed by atoms with van der Waals surface area (Å²) in [5.74, 6) is -1.68. The van der Waals surface area contributed by atoms with Crippen LogP contribution < -0.4 is 10.6 Å². The van der Waals surface area contributed by atoms with Crippen molar-refractivity contribution >= 4 is 17.8 Å². The van der Waals surface area contributed by atoms with Crippen molar-refractivity contribution in [3.63, 3.8) is 0 Å². The van der Waals surface area contributed by atoms with E-state index in [0.717, 1.165) is 50.5 Å². The molecule has 0 aromatic heterocycles. The molecule has 3 rings (SSSR count). The second-order valence-electron chi connectivity index (χ2n) is 13.9. The summed E-state index contributed by atoms with van der Waals surface area (Å²) in [5.41, 5.74) is 0.549. The molecule has 248 valence electrons. The van der Waals surface area contributed by atoms with E-state index in [0.29, 0.717) is 6.61 Å². The number of benzene rings is 1. The number of rotatable bonds is 17. The zero-order chi connectivity index (χ0) is 32.0. The molecule has 44 heavy (non-hydrogen) atoms. The number of carbonyl (C=O) groups is 3. The smallest absolute Gasteiger partial charge is 0.307 e. The molecule has 1 aliphatic heterocycles. The molecule has 4 unspecified atom stereocenters. The third-order valence-corrected chi connectivity index (χ3v) is 8.95. The number of nitrogens with one attached hydrogen (secondary N) is 2. The zero-order valence-corrected chi connectivity index (χ0v) is 28.0. The molecule has 0 radical (unpaired) electrons. The molecule has 2 fully saturated rings. The number of unbranched alkanes of at least 4 members (excludes halogenated alkanes) is 7. The maximum absolute atomic E-state index is 13.7. The van der Waals surface area contributed by atoms with Crippen LogP contribution in [0.3, 0.4) is 0 Å². The summed E-state index contributed by atoms with van der Waals surface area (Å²) in [4.78, 5) is 39.4. The quantitative estimate of drug-likeness (QED) is 0.145. The van der Waals surface area contributed by atoms with E-state index in [9.17, 15) is 14.4 Å². The van der Waals surface area contributed by atoms with Crippen LogP contribution in [-0.2, 0) is 28.6 Å². The Kier molecular flexibility index (Phi) is 14.6. The van der Waals surface area contributed by atoms with Crippen molar-refractivity contribution in [1.82, 2.24) is 10.6 Å². The third kappa shape index (κ3) is 11.8. The maximum atomic E-state index is 13.7. The molecule has 2 amide bonds. The third-order valence-electron chi connectivity index (χ3n) is 8.95. The fraction of sp³-hybridized carbons (Fsp3) is 0.750. The Hall–Kier alpha value is -2.45. The largest absolute Gasteiger partial charge is 0.460 e. The molecule has 8 nitrogen and oxygen atoms in total. The van der Waals surface area contributed by atoms with Gasteiger partial charge in [-0.05, 0) is 45.1 Å². The highest BCUT2D eigenvalue weighted by atomic mass is 16.7. The highest BCUT2D eigenvalue weighted by Gasteiger charge is 2.45. The summed E-state index contributed by atoms with van der Waals surface area (Å²) < 4.78 is 17.5. The highest BCUT2D eigenvalue weighted by molar-refractivity contribution is 5.84. The number of amides is 2. The van der Waals surface area contributed by atoms with Crippen LogP contribution >= 0.6 is 0 Å². The normalized spacial score (nSPS) is 23.3. The first-order chi connectivity index (χ1) is 21.0. The zero-order valence-electron chi connectivity index (χ0n) is 28.0. The maximum Gasteiger partial charge on any atom is 0.307 e. The van der Waals surface area contributed by atoms with Crippen LogP contribution in [0.1, 0.15) is 136 Å². The predicted molar refractivity (Wildman–Crippen MR) is 173 cm³/mol. The van der Waals surface area contributed by atoms with E-state index in [1.54, 1.807) is 13.8 Å². The molecular formula is C36H58N2O6. The van der Waals surface area contributed by atoms with Crippen molar-refractivity contribution < 1.29 is 28.6 Å². The first-order valence-corrected chi connectivity index (χ1v) is 17.2. The van der Waals surface area contributed by atoms with Crippen molar-refractivity contribution in [2.75, 3.05) is 13.2 Å². The van der Waals surface area contributed by atoms with E-state index in [1.165, 1.54) is 38.5 Å². The minimum Gasteiger partial charge on any atom is -0.460 e. The molecule has 2 aliphatic rings. The van der Waals surface area contributed by atoms with Crippen LogP contribution in [0, 0.1) is 5.41 Å². The molecule has 1 saturated carbocycles. The molecule has 2 N–H and O–H groups in total. The standard InChI is InChI=1S/C36H58N2O6/c1-6-7-8-9-10-11-12-16-21-28(27-19-14-13-15-20-27)33(40)38-29-22-17-18-23-30(29)43-31(39)24-25-37-34(41)32-35(2,3)26-42-36(4,5)44-32/h13-15,19-20,28-30,32H,6-12,16-18,21-26H2,1-5H3,(H,37,41)(H,38,40). The van der Waals surface area contributed by atoms with Crippen LogP contribution in [-0.4, -0.2) is 55.0 Å². The molecule has 1 aromatic rings. The Morgan fingerprint density at radius 1 is 0.932 bits per heavy atom. The van der Waals surface area contributed by atoms with Crippen molar-refractivity contribution in [3.8, 4) is 0 Å². The Morgan fingerprint density at radius 3 is 2.30 bits per heavy atom. The van der Waals surface area contributed by atoms with E-state index in [-0.39, 0.29) is 48.8 Å². The van der Waals surface area contributed by atoms with Gasteiger partial charge in [0.25, 0.3) is 0 Å². The van der Waals surface area contributed by atoms with E-state index in [1.807, 2.05) is 44.2 Å². The summed E-state index contributed by atoms with van der Waals surface area (Å²) in [6.45, 7) is 10.2. The van der Waals surface area contributed by atoms with Gasteiger partial charge in [-0.25, -0.2) is 0 Å². The Morgan fingerprint density at radius 2 is 1.59 bits per heavy atom. The van der Waals surface area contributed by atoms with E-state index in [2.05, 4.69) is 17.6 Å². The molecule has 8 heteroatoms. The highest BCUT2D eigenvalue weighted by Crippen LogP contribution is 2.35. The summed E-state index contributed by atoms with van der Waals surface area (Å²) >= 11 is 0. The number of carbonyl (C=O) groups excluding carboxylic acids is 3. The van der Waals surface area contributed by atoms with Gasteiger partial charge in [0.05, 0.1) is 25.0 Å². The van der Waals surface area contributed by atoms with Crippen molar-refractivity contribution in [3.05, 3.63) is 35.9 Å². The predicted octanol–water partition coefficient (Wildman–Crippen LogP) is 6.96.